The second-order valence-electron chi connectivity index (χ2n) is 7.11. The van der Waals surface area contributed by atoms with Crippen LogP contribution in [0.2, 0.25) is 0 Å². The molecule has 0 spiro atoms. The minimum atomic E-state index is -0.740. The number of rotatable bonds is 5. The number of nitrogens with one attached hydrogen (secondary N) is 2. The number of H-pyrrole nitrogens is 1. The number of benzene rings is 1. The van der Waals surface area contributed by atoms with Crippen LogP contribution in [-0.4, -0.2) is 57.7 Å². The average Bonchev–Trinajstić information content (AvgIpc) is 3.39. The van der Waals surface area contributed by atoms with Crippen LogP contribution in [0, 0.1) is 17.5 Å². The number of aromatic amines is 1. The third kappa shape index (κ3) is 3.34. The highest BCUT2D eigenvalue weighted by molar-refractivity contribution is 5.74. The Labute approximate surface area is 168 Å². The Morgan fingerprint density at radius 1 is 1.10 bits per heavy atom. The molecule has 8 nitrogen and oxygen atoms in total. The summed E-state index contributed by atoms with van der Waals surface area (Å²) in [6.45, 7) is 0.0931. The van der Waals surface area contributed by atoms with Crippen molar-refractivity contribution in [2.45, 2.75) is 31.0 Å². The highest BCUT2D eigenvalue weighted by Crippen LogP contribution is 2.30. The minimum absolute atomic E-state index is 0.0911. The smallest absolute Gasteiger partial charge is 0.296 e. The molecule has 0 amide bonds. The molecule has 1 aromatic carbocycles. The molecular weight excluding hydrogens is 405 g/mol. The summed E-state index contributed by atoms with van der Waals surface area (Å²) >= 11 is 0. The van der Waals surface area contributed by atoms with E-state index in [4.69, 9.17) is 14.2 Å². The number of hydrogen-bond donors (Lipinski definition) is 3. The van der Waals surface area contributed by atoms with Gasteiger partial charge >= 0.3 is 0 Å². The molecule has 30 heavy (non-hydrogen) atoms. The number of fused-ring (bicyclic) bond motifs is 2. The van der Waals surface area contributed by atoms with Gasteiger partial charge < -0.3 is 29.6 Å². The number of anilines is 1. The third-order valence-electron chi connectivity index (χ3n) is 5.14. The number of halogens is 3. The van der Waals surface area contributed by atoms with Crippen molar-refractivity contribution in [3.8, 4) is 6.01 Å². The van der Waals surface area contributed by atoms with Gasteiger partial charge in [0.25, 0.3) is 6.01 Å². The summed E-state index contributed by atoms with van der Waals surface area (Å²) in [4.78, 5) is 11.1. The first kappa shape index (κ1) is 19.1. The summed E-state index contributed by atoms with van der Waals surface area (Å²) in [5.41, 5.74) is 0.220. The fourth-order valence-corrected chi connectivity index (χ4v) is 3.64. The van der Waals surface area contributed by atoms with Gasteiger partial charge in [-0.25, -0.2) is 18.2 Å². The summed E-state index contributed by atoms with van der Waals surface area (Å²) in [6.07, 6.45) is -2.07. The fourth-order valence-electron chi connectivity index (χ4n) is 3.64. The van der Waals surface area contributed by atoms with E-state index in [1.165, 1.54) is 6.07 Å². The molecule has 2 aliphatic heterocycles. The van der Waals surface area contributed by atoms with Crippen LogP contribution in [0.5, 0.6) is 6.01 Å². The topological polar surface area (TPSA) is 102 Å². The lowest BCUT2D eigenvalue weighted by molar-refractivity contribution is 0.00706. The van der Waals surface area contributed by atoms with Crippen LogP contribution in [0.25, 0.3) is 11.2 Å². The largest absolute Gasteiger partial charge is 0.456 e. The van der Waals surface area contributed by atoms with Crippen LogP contribution in [0.3, 0.4) is 0 Å². The zero-order valence-corrected chi connectivity index (χ0v) is 15.4. The maximum Gasteiger partial charge on any atom is 0.296 e. The molecule has 158 valence electrons. The fraction of sp³-hybridized carbons (Fsp3) is 0.368. The summed E-state index contributed by atoms with van der Waals surface area (Å²) in [5, 5.41) is 12.4. The van der Waals surface area contributed by atoms with E-state index >= 15 is 0 Å². The lowest BCUT2D eigenvalue weighted by Crippen LogP contribution is -2.34. The summed E-state index contributed by atoms with van der Waals surface area (Å²) in [5.74, 6) is -2.40. The molecule has 2 aliphatic rings. The summed E-state index contributed by atoms with van der Waals surface area (Å²) in [7, 11) is 0. The molecule has 4 atom stereocenters. The van der Waals surface area contributed by atoms with Crippen molar-refractivity contribution in [3.63, 3.8) is 0 Å². The van der Waals surface area contributed by atoms with Crippen molar-refractivity contribution < 1.29 is 32.5 Å². The number of pyridine rings is 1. The average molecular weight is 422 g/mol. The SMILES string of the molecule is O[C@@H]1CO[C@H]2[C@@H]1OC[C@H]2Oc1nc2nc(NCc3c(F)cccc3F)c(F)cc2[nH]1. The molecule has 5 rings (SSSR count). The first-order chi connectivity index (χ1) is 14.5. The highest BCUT2D eigenvalue weighted by Gasteiger charge is 2.48. The molecule has 4 heterocycles. The van der Waals surface area contributed by atoms with Gasteiger partial charge in [0, 0.05) is 18.2 Å². The highest BCUT2D eigenvalue weighted by atomic mass is 19.1. The van der Waals surface area contributed by atoms with Crippen LogP contribution in [0.1, 0.15) is 5.56 Å². The van der Waals surface area contributed by atoms with Crippen molar-refractivity contribution in [1.29, 1.82) is 0 Å². The predicted octanol–water partition coefficient (Wildman–Crippen LogP) is 1.89. The Balaban J connectivity index is 1.33. The van der Waals surface area contributed by atoms with Crippen LogP contribution in [0.15, 0.2) is 24.3 Å². The first-order valence-corrected chi connectivity index (χ1v) is 9.30. The molecule has 0 aliphatic carbocycles. The standard InChI is InChI=1S/C19H17F3N4O4/c20-9-2-1-3-10(21)8(9)5-23-17-11(22)4-12-18(25-17)26-19(24-12)30-14-7-29-15-13(27)6-28-16(14)15/h1-4,13-16,27H,5-7H2,(H2,23,24,25,26)/t13-,14-,15-,16-/m1/s1. The second kappa shape index (κ2) is 7.42. The van der Waals surface area contributed by atoms with Crippen molar-refractivity contribution in [2.75, 3.05) is 18.5 Å². The van der Waals surface area contributed by atoms with E-state index in [2.05, 4.69) is 20.3 Å². The van der Waals surface area contributed by atoms with Gasteiger partial charge in [0.2, 0.25) is 0 Å². The van der Waals surface area contributed by atoms with Gasteiger partial charge in [-0.15, -0.1) is 0 Å². The number of nitrogens with zero attached hydrogens (tertiary/aromatic N) is 2. The first-order valence-electron chi connectivity index (χ1n) is 9.30. The van der Waals surface area contributed by atoms with Gasteiger partial charge in [-0.1, -0.05) is 6.07 Å². The molecule has 0 saturated carbocycles. The Bertz CT molecular complexity index is 1070. The Kier molecular flexibility index (Phi) is 4.72. The Morgan fingerprint density at radius 3 is 2.67 bits per heavy atom. The zero-order valence-electron chi connectivity index (χ0n) is 15.4. The molecule has 11 heteroatoms. The third-order valence-corrected chi connectivity index (χ3v) is 5.14. The maximum atomic E-state index is 14.4. The van der Waals surface area contributed by atoms with Crippen molar-refractivity contribution in [3.05, 3.63) is 47.3 Å². The van der Waals surface area contributed by atoms with Crippen LogP contribution >= 0.6 is 0 Å². The monoisotopic (exact) mass is 422 g/mol. The van der Waals surface area contributed by atoms with Gasteiger partial charge in [-0.05, 0) is 12.1 Å². The van der Waals surface area contributed by atoms with Gasteiger partial charge in [-0.3, -0.25) is 0 Å². The quantitative estimate of drug-likeness (QED) is 0.577. The number of aliphatic hydroxyl groups is 1. The van der Waals surface area contributed by atoms with Gasteiger partial charge in [0.05, 0.1) is 18.7 Å². The lowest BCUT2D eigenvalue weighted by Gasteiger charge is -2.15. The normalized spacial score (nSPS) is 25.6. The molecule has 0 radical (unpaired) electrons. The maximum absolute atomic E-state index is 14.4. The molecule has 3 aromatic rings. The van der Waals surface area contributed by atoms with Gasteiger partial charge in [-0.2, -0.15) is 4.98 Å². The van der Waals surface area contributed by atoms with Crippen LogP contribution in [-0.2, 0) is 16.0 Å². The molecule has 0 unspecified atom stereocenters. The van der Waals surface area contributed by atoms with E-state index in [1.54, 1.807) is 0 Å². The van der Waals surface area contributed by atoms with Gasteiger partial charge in [0.15, 0.2) is 23.4 Å². The second-order valence-corrected chi connectivity index (χ2v) is 7.11. The van der Waals surface area contributed by atoms with E-state index in [0.717, 1.165) is 18.2 Å². The van der Waals surface area contributed by atoms with E-state index in [0.29, 0.717) is 0 Å². The number of hydrogen-bond acceptors (Lipinski definition) is 7. The van der Waals surface area contributed by atoms with E-state index in [1.807, 2.05) is 0 Å². The molecule has 2 saturated heterocycles. The molecule has 2 aromatic heterocycles. The zero-order chi connectivity index (χ0) is 20.8. The van der Waals surface area contributed by atoms with E-state index < -0.39 is 41.9 Å². The van der Waals surface area contributed by atoms with E-state index in [-0.39, 0.29) is 48.3 Å². The van der Waals surface area contributed by atoms with E-state index in [9.17, 15) is 18.3 Å². The summed E-state index contributed by atoms with van der Waals surface area (Å²) in [6, 6.07) is 4.74. The number of imidazole rings is 1. The van der Waals surface area contributed by atoms with Crippen LogP contribution in [0.4, 0.5) is 19.0 Å². The van der Waals surface area contributed by atoms with Crippen molar-refractivity contribution in [1.82, 2.24) is 15.0 Å². The minimum Gasteiger partial charge on any atom is -0.456 e. The predicted molar refractivity (Wildman–Crippen MR) is 97.4 cm³/mol. The summed E-state index contributed by atoms with van der Waals surface area (Å²) < 4.78 is 58.6. The number of aromatic nitrogens is 3. The molecule has 3 N–H and O–H groups in total. The Hall–Kier alpha value is -2.89. The molecule has 0 bridgehead atoms. The molecule has 2 fully saturated rings. The Morgan fingerprint density at radius 2 is 1.87 bits per heavy atom. The molecular formula is C19H17F3N4O4. The number of ether oxygens (including phenoxy) is 3. The van der Waals surface area contributed by atoms with Crippen molar-refractivity contribution in [2.24, 2.45) is 0 Å². The van der Waals surface area contributed by atoms with Crippen molar-refractivity contribution >= 4 is 17.0 Å². The lowest BCUT2D eigenvalue weighted by atomic mass is 10.1. The number of aliphatic hydroxyl groups excluding tert-OH is 1. The van der Waals surface area contributed by atoms with Gasteiger partial charge in [0.1, 0.15) is 29.9 Å². The van der Waals surface area contributed by atoms with Crippen LogP contribution < -0.4 is 10.1 Å².